The Hall–Kier alpha value is -2.42. The largest absolute Gasteiger partial charge is 0.541 e. The summed E-state index contributed by atoms with van der Waals surface area (Å²) in [6, 6.07) is 8.41. The zero-order valence-electron chi connectivity index (χ0n) is 20.5. The third kappa shape index (κ3) is 5.31. The molecule has 0 heterocycles. The Kier molecular flexibility index (Phi) is 8.09. The van der Waals surface area contributed by atoms with E-state index in [1.165, 1.54) is 21.3 Å². The molecule has 7 nitrogen and oxygen atoms in total. The van der Waals surface area contributed by atoms with Gasteiger partial charge in [0.15, 0.2) is 17.2 Å². The van der Waals surface area contributed by atoms with Crippen LogP contribution in [0.15, 0.2) is 30.3 Å². The van der Waals surface area contributed by atoms with Crippen molar-refractivity contribution in [2.24, 2.45) is 0 Å². The van der Waals surface area contributed by atoms with Crippen LogP contribution in [0.1, 0.15) is 44.1 Å². The molecule has 0 saturated heterocycles. The van der Waals surface area contributed by atoms with E-state index >= 15 is 0 Å². The standard InChI is InChI=1S/C24H36O7Si/c1-24(2,3)32(8,9)31-18-12-15(10-11-17(18)27-4)21(25)22(26)16-13-19(28-5)23(30-7)20(14-16)29-6/h10-14,21-22,25-26H,1-9H3/t21-,22+/m0/s1. The van der Waals surface area contributed by atoms with Crippen molar-refractivity contribution in [1.29, 1.82) is 0 Å². The lowest BCUT2D eigenvalue weighted by atomic mass is 9.97. The van der Waals surface area contributed by atoms with Crippen molar-refractivity contribution in [2.75, 3.05) is 28.4 Å². The SMILES string of the molecule is COc1ccc([C@H](O)[C@H](O)c2cc(OC)c(OC)c(OC)c2)cc1O[Si](C)(C)C(C)(C)C. The molecule has 0 saturated carbocycles. The van der Waals surface area contributed by atoms with Gasteiger partial charge in [0, 0.05) is 0 Å². The molecule has 2 rings (SSSR count). The van der Waals surface area contributed by atoms with Crippen LogP contribution >= 0.6 is 0 Å². The molecule has 0 radical (unpaired) electrons. The average molecular weight is 465 g/mol. The van der Waals surface area contributed by atoms with E-state index in [4.69, 9.17) is 23.4 Å². The molecule has 2 aromatic rings. The second kappa shape index (κ2) is 10.0. The first kappa shape index (κ1) is 25.8. The van der Waals surface area contributed by atoms with Gasteiger partial charge in [-0.2, -0.15) is 0 Å². The fourth-order valence-corrected chi connectivity index (χ4v) is 4.04. The van der Waals surface area contributed by atoms with Crippen molar-refractivity contribution >= 4 is 8.32 Å². The summed E-state index contributed by atoms with van der Waals surface area (Å²) < 4.78 is 28.0. The van der Waals surface area contributed by atoms with Gasteiger partial charge in [-0.1, -0.05) is 26.8 Å². The Morgan fingerprint density at radius 3 is 1.59 bits per heavy atom. The van der Waals surface area contributed by atoms with Crippen LogP contribution in [0.4, 0.5) is 0 Å². The first-order chi connectivity index (χ1) is 14.9. The first-order valence-corrected chi connectivity index (χ1v) is 13.3. The Bertz CT molecular complexity index is 896. The molecule has 0 bridgehead atoms. The predicted molar refractivity (Wildman–Crippen MR) is 127 cm³/mol. The molecular formula is C24H36O7Si. The molecule has 0 spiro atoms. The molecule has 32 heavy (non-hydrogen) atoms. The second-order valence-electron chi connectivity index (χ2n) is 9.12. The van der Waals surface area contributed by atoms with E-state index in [0.29, 0.717) is 39.9 Å². The Labute approximate surface area is 192 Å². The van der Waals surface area contributed by atoms with Gasteiger partial charge in [-0.05, 0) is 53.5 Å². The van der Waals surface area contributed by atoms with Crippen molar-refractivity contribution in [1.82, 2.24) is 0 Å². The average Bonchev–Trinajstić information content (AvgIpc) is 2.75. The number of hydrogen-bond donors (Lipinski definition) is 2. The molecular weight excluding hydrogens is 428 g/mol. The highest BCUT2D eigenvalue weighted by atomic mass is 28.4. The molecule has 0 aliphatic rings. The minimum absolute atomic E-state index is 0.0116. The van der Waals surface area contributed by atoms with E-state index in [-0.39, 0.29) is 5.04 Å². The van der Waals surface area contributed by atoms with E-state index in [0.717, 1.165) is 0 Å². The Balaban J connectivity index is 2.44. The maximum Gasteiger partial charge on any atom is 0.250 e. The summed E-state index contributed by atoms with van der Waals surface area (Å²) in [5.74, 6) is 2.32. The quantitative estimate of drug-likeness (QED) is 0.512. The Morgan fingerprint density at radius 1 is 0.688 bits per heavy atom. The minimum Gasteiger partial charge on any atom is -0.541 e. The number of hydrogen-bond acceptors (Lipinski definition) is 7. The second-order valence-corrected chi connectivity index (χ2v) is 13.8. The monoisotopic (exact) mass is 464 g/mol. The van der Waals surface area contributed by atoms with E-state index in [9.17, 15) is 10.2 Å². The van der Waals surface area contributed by atoms with Gasteiger partial charge in [0.05, 0.1) is 28.4 Å². The van der Waals surface area contributed by atoms with Crippen LogP contribution in [-0.4, -0.2) is 47.0 Å². The summed E-state index contributed by atoms with van der Waals surface area (Å²) in [6.45, 7) is 10.7. The van der Waals surface area contributed by atoms with Gasteiger partial charge in [-0.25, -0.2) is 0 Å². The molecule has 178 valence electrons. The van der Waals surface area contributed by atoms with Crippen LogP contribution in [-0.2, 0) is 0 Å². The third-order valence-corrected chi connectivity index (χ3v) is 10.4. The van der Waals surface area contributed by atoms with Gasteiger partial charge in [0.25, 0.3) is 8.32 Å². The number of ether oxygens (including phenoxy) is 4. The van der Waals surface area contributed by atoms with Gasteiger partial charge >= 0.3 is 0 Å². The number of methoxy groups -OCH3 is 4. The van der Waals surface area contributed by atoms with Crippen molar-refractivity contribution < 1.29 is 33.6 Å². The predicted octanol–water partition coefficient (Wildman–Crippen LogP) is 4.87. The van der Waals surface area contributed by atoms with Gasteiger partial charge in [-0.3, -0.25) is 0 Å². The molecule has 0 aromatic heterocycles. The molecule has 2 N–H and O–H groups in total. The Morgan fingerprint density at radius 2 is 1.16 bits per heavy atom. The normalized spacial score (nSPS) is 13.8. The van der Waals surface area contributed by atoms with E-state index in [2.05, 4.69) is 33.9 Å². The van der Waals surface area contributed by atoms with E-state index < -0.39 is 20.5 Å². The van der Waals surface area contributed by atoms with E-state index in [1.807, 2.05) is 0 Å². The lowest BCUT2D eigenvalue weighted by Gasteiger charge is -2.37. The number of aliphatic hydroxyl groups excluding tert-OH is 2. The van der Waals surface area contributed by atoms with Crippen LogP contribution in [0.5, 0.6) is 28.7 Å². The highest BCUT2D eigenvalue weighted by Gasteiger charge is 2.39. The van der Waals surface area contributed by atoms with Crippen molar-refractivity contribution in [3.8, 4) is 28.7 Å². The van der Waals surface area contributed by atoms with Crippen LogP contribution in [0.25, 0.3) is 0 Å². The smallest absolute Gasteiger partial charge is 0.250 e. The highest BCUT2D eigenvalue weighted by molar-refractivity contribution is 6.74. The molecule has 0 fully saturated rings. The van der Waals surface area contributed by atoms with Gasteiger partial charge < -0.3 is 33.6 Å². The van der Waals surface area contributed by atoms with Gasteiger partial charge in [0.1, 0.15) is 18.0 Å². The molecule has 0 unspecified atom stereocenters. The van der Waals surface area contributed by atoms with Gasteiger partial charge in [-0.15, -0.1) is 0 Å². The first-order valence-electron chi connectivity index (χ1n) is 10.4. The lowest BCUT2D eigenvalue weighted by Crippen LogP contribution is -2.44. The minimum atomic E-state index is -2.15. The fourth-order valence-electron chi connectivity index (χ4n) is 3.02. The number of rotatable bonds is 9. The summed E-state index contributed by atoms with van der Waals surface area (Å²) in [4.78, 5) is 0. The van der Waals surface area contributed by atoms with E-state index in [1.54, 1.807) is 37.4 Å². The summed E-state index contributed by atoms with van der Waals surface area (Å²) in [5.41, 5.74) is 0.926. The van der Waals surface area contributed by atoms with Crippen molar-refractivity contribution in [3.63, 3.8) is 0 Å². The molecule has 0 amide bonds. The summed E-state index contributed by atoms with van der Waals surface area (Å²) >= 11 is 0. The zero-order chi connectivity index (χ0) is 24.3. The maximum atomic E-state index is 11.0. The van der Waals surface area contributed by atoms with Crippen molar-refractivity contribution in [3.05, 3.63) is 41.5 Å². The van der Waals surface area contributed by atoms with Crippen LogP contribution in [0.2, 0.25) is 18.1 Å². The maximum absolute atomic E-state index is 11.0. The molecule has 0 aliphatic carbocycles. The molecule has 2 atom stereocenters. The van der Waals surface area contributed by atoms with Crippen LogP contribution in [0, 0.1) is 0 Å². The van der Waals surface area contributed by atoms with Crippen molar-refractivity contribution in [2.45, 2.75) is 51.1 Å². The fraction of sp³-hybridized carbons (Fsp3) is 0.500. The molecule has 2 aromatic carbocycles. The topological polar surface area (TPSA) is 86.6 Å². The van der Waals surface area contributed by atoms with Crippen LogP contribution < -0.4 is 23.4 Å². The number of aliphatic hydroxyl groups is 2. The lowest BCUT2D eigenvalue weighted by molar-refractivity contribution is 0.0169. The highest BCUT2D eigenvalue weighted by Crippen LogP contribution is 2.44. The molecule has 8 heteroatoms. The molecule has 0 aliphatic heterocycles. The summed E-state index contributed by atoms with van der Waals surface area (Å²) in [6.07, 6.45) is -2.46. The number of benzene rings is 2. The zero-order valence-corrected chi connectivity index (χ0v) is 21.5. The van der Waals surface area contributed by atoms with Gasteiger partial charge in [0.2, 0.25) is 5.75 Å². The summed E-state index contributed by atoms with van der Waals surface area (Å²) in [5, 5.41) is 21.9. The third-order valence-electron chi connectivity index (χ3n) is 6.03. The summed E-state index contributed by atoms with van der Waals surface area (Å²) in [7, 11) is 3.93. The van der Waals surface area contributed by atoms with Crippen LogP contribution in [0.3, 0.4) is 0 Å².